The number of rotatable bonds is 5. The number of nitrogens with zero attached hydrogens (tertiary/aromatic N) is 1. The molecule has 5 nitrogen and oxygen atoms in total. The van der Waals surface area contributed by atoms with E-state index in [2.05, 4.69) is 5.32 Å². The van der Waals surface area contributed by atoms with Crippen LogP contribution < -0.4 is 5.32 Å². The molecule has 1 aliphatic rings. The molecular formula is C18H16N2O3S3. The highest BCUT2D eigenvalue weighted by Crippen LogP contribution is 2.33. The van der Waals surface area contributed by atoms with Gasteiger partial charge in [-0.2, -0.15) is 0 Å². The van der Waals surface area contributed by atoms with Gasteiger partial charge in [-0.1, -0.05) is 6.07 Å². The van der Waals surface area contributed by atoms with Gasteiger partial charge >= 0.3 is 0 Å². The van der Waals surface area contributed by atoms with Crippen LogP contribution in [0.15, 0.2) is 45.5 Å². The number of benzene rings is 1. The second-order valence-corrected chi connectivity index (χ2v) is 8.34. The maximum Gasteiger partial charge on any atom is 0.294 e. The van der Waals surface area contributed by atoms with E-state index in [9.17, 15) is 14.4 Å². The Morgan fingerprint density at radius 3 is 2.81 bits per heavy atom. The Morgan fingerprint density at radius 2 is 2.12 bits per heavy atom. The Labute approximate surface area is 163 Å². The third kappa shape index (κ3) is 4.20. The number of amides is 3. The average Bonchev–Trinajstić information content (AvgIpc) is 3.13. The Morgan fingerprint density at radius 1 is 1.31 bits per heavy atom. The number of carbonyl (C=O) groups excluding carboxylic acids is 3. The van der Waals surface area contributed by atoms with Crippen molar-refractivity contribution in [3.05, 3.63) is 51.1 Å². The summed E-state index contributed by atoms with van der Waals surface area (Å²) in [6.07, 6.45) is 3.66. The molecule has 0 aliphatic carbocycles. The molecule has 0 atom stereocenters. The van der Waals surface area contributed by atoms with Gasteiger partial charge in [-0.15, -0.1) is 23.1 Å². The van der Waals surface area contributed by atoms with E-state index in [-0.39, 0.29) is 6.54 Å². The first-order chi connectivity index (χ1) is 12.5. The minimum Gasteiger partial charge on any atom is -0.324 e. The molecule has 2 aromatic rings. The molecule has 2 heterocycles. The predicted molar refractivity (Wildman–Crippen MR) is 109 cm³/mol. The van der Waals surface area contributed by atoms with Crippen molar-refractivity contribution in [3.8, 4) is 0 Å². The van der Waals surface area contributed by atoms with Gasteiger partial charge in [0, 0.05) is 15.5 Å². The quantitative estimate of drug-likeness (QED) is 0.589. The maximum absolute atomic E-state index is 12.5. The minimum absolute atomic E-state index is 0.297. The van der Waals surface area contributed by atoms with Gasteiger partial charge in [0.25, 0.3) is 11.1 Å². The van der Waals surface area contributed by atoms with Crippen molar-refractivity contribution in [1.29, 1.82) is 0 Å². The molecule has 26 heavy (non-hydrogen) atoms. The minimum atomic E-state index is -0.430. The fourth-order valence-electron chi connectivity index (χ4n) is 2.33. The van der Waals surface area contributed by atoms with Crippen LogP contribution in [0, 0.1) is 6.92 Å². The number of thiophene rings is 1. The van der Waals surface area contributed by atoms with Crippen LogP contribution >= 0.6 is 34.9 Å². The van der Waals surface area contributed by atoms with Gasteiger partial charge in [0.2, 0.25) is 5.91 Å². The smallest absolute Gasteiger partial charge is 0.294 e. The lowest BCUT2D eigenvalue weighted by Gasteiger charge is -2.12. The van der Waals surface area contributed by atoms with Crippen molar-refractivity contribution in [2.24, 2.45) is 0 Å². The van der Waals surface area contributed by atoms with E-state index in [1.54, 1.807) is 23.9 Å². The van der Waals surface area contributed by atoms with Crippen LogP contribution in [-0.2, 0) is 9.59 Å². The molecule has 0 unspecified atom stereocenters. The van der Waals surface area contributed by atoms with Crippen molar-refractivity contribution in [3.63, 3.8) is 0 Å². The monoisotopic (exact) mass is 404 g/mol. The fourth-order valence-corrected chi connectivity index (χ4v) is 4.55. The van der Waals surface area contributed by atoms with Gasteiger partial charge in [0.1, 0.15) is 6.54 Å². The summed E-state index contributed by atoms with van der Waals surface area (Å²) < 4.78 is 0. The zero-order valence-electron chi connectivity index (χ0n) is 14.1. The molecular weight excluding hydrogens is 388 g/mol. The Bertz CT molecular complexity index is 905. The first-order valence-electron chi connectivity index (χ1n) is 7.71. The van der Waals surface area contributed by atoms with E-state index in [4.69, 9.17) is 0 Å². The molecule has 134 valence electrons. The third-order valence-corrected chi connectivity index (χ3v) is 6.29. The molecule has 1 N–H and O–H groups in total. The van der Waals surface area contributed by atoms with Gasteiger partial charge in [-0.3, -0.25) is 19.3 Å². The molecule has 1 aromatic heterocycles. The number of thioether (sulfide) groups is 2. The highest BCUT2D eigenvalue weighted by Gasteiger charge is 2.36. The first-order valence-corrected chi connectivity index (χ1v) is 10.6. The molecule has 0 bridgehead atoms. The summed E-state index contributed by atoms with van der Waals surface area (Å²) in [6.45, 7) is 1.65. The Hall–Kier alpha value is -2.03. The second kappa shape index (κ2) is 8.11. The van der Waals surface area contributed by atoms with E-state index >= 15 is 0 Å². The lowest BCUT2D eigenvalue weighted by molar-refractivity contribution is -0.127. The summed E-state index contributed by atoms with van der Waals surface area (Å²) >= 11 is 3.94. The molecule has 0 saturated carbocycles. The zero-order valence-corrected chi connectivity index (χ0v) is 16.6. The van der Waals surface area contributed by atoms with E-state index in [0.717, 1.165) is 32.0 Å². The standard InChI is InChI=1S/C18H16N2O3S3/c1-11-6-7-25-14(11)9-15-17(22)20(18(23)26-15)10-16(21)19-12-4-3-5-13(8-12)24-2/h3-9H,10H2,1-2H3,(H,19,21)/b15-9+. The van der Waals surface area contributed by atoms with Crippen LogP contribution in [0.25, 0.3) is 6.08 Å². The lowest BCUT2D eigenvalue weighted by atomic mass is 10.2. The number of anilines is 1. The van der Waals surface area contributed by atoms with E-state index in [1.807, 2.05) is 42.8 Å². The van der Waals surface area contributed by atoms with Gasteiger partial charge in [0.15, 0.2) is 0 Å². The number of hydrogen-bond donors (Lipinski definition) is 1. The largest absolute Gasteiger partial charge is 0.324 e. The Kier molecular flexibility index (Phi) is 5.85. The fraction of sp³-hybridized carbons (Fsp3) is 0.167. The average molecular weight is 405 g/mol. The zero-order chi connectivity index (χ0) is 18.7. The number of hydrogen-bond acceptors (Lipinski definition) is 6. The summed E-state index contributed by atoms with van der Waals surface area (Å²) in [6, 6.07) is 9.35. The molecule has 1 fully saturated rings. The van der Waals surface area contributed by atoms with Crippen LogP contribution in [0.4, 0.5) is 10.5 Å². The third-order valence-electron chi connectivity index (χ3n) is 3.69. The number of imide groups is 1. The number of nitrogens with one attached hydrogen (secondary N) is 1. The van der Waals surface area contributed by atoms with Crippen LogP contribution in [0.1, 0.15) is 10.4 Å². The molecule has 0 radical (unpaired) electrons. The molecule has 1 aliphatic heterocycles. The molecule has 8 heteroatoms. The lowest BCUT2D eigenvalue weighted by Crippen LogP contribution is -2.36. The molecule has 1 saturated heterocycles. The van der Waals surface area contributed by atoms with Crippen LogP contribution in [0.3, 0.4) is 0 Å². The molecule has 3 rings (SSSR count). The van der Waals surface area contributed by atoms with E-state index in [0.29, 0.717) is 10.6 Å². The normalized spacial score (nSPS) is 15.8. The topological polar surface area (TPSA) is 66.5 Å². The van der Waals surface area contributed by atoms with Gasteiger partial charge < -0.3 is 5.32 Å². The molecule has 0 spiro atoms. The highest BCUT2D eigenvalue weighted by molar-refractivity contribution is 8.18. The van der Waals surface area contributed by atoms with Gasteiger partial charge in [0.05, 0.1) is 4.91 Å². The summed E-state index contributed by atoms with van der Waals surface area (Å²) in [5, 5.41) is 4.23. The summed E-state index contributed by atoms with van der Waals surface area (Å²) in [5.74, 6) is -0.833. The van der Waals surface area contributed by atoms with Gasteiger partial charge in [-0.25, -0.2) is 0 Å². The van der Waals surface area contributed by atoms with E-state index < -0.39 is 17.1 Å². The van der Waals surface area contributed by atoms with Crippen LogP contribution in [0.5, 0.6) is 0 Å². The van der Waals surface area contributed by atoms with Crippen molar-refractivity contribution in [1.82, 2.24) is 4.90 Å². The number of carbonyl (C=O) groups is 3. The van der Waals surface area contributed by atoms with Crippen molar-refractivity contribution in [2.45, 2.75) is 11.8 Å². The second-order valence-electron chi connectivity index (χ2n) is 5.52. The van der Waals surface area contributed by atoms with Crippen LogP contribution in [0.2, 0.25) is 0 Å². The summed E-state index contributed by atoms with van der Waals surface area (Å²) in [7, 11) is 0. The van der Waals surface area contributed by atoms with Gasteiger partial charge in [-0.05, 0) is 66.2 Å². The molecule has 1 aromatic carbocycles. The first kappa shape index (κ1) is 18.8. The van der Waals surface area contributed by atoms with Crippen molar-refractivity contribution >= 4 is 63.7 Å². The Balaban J connectivity index is 1.68. The maximum atomic E-state index is 12.5. The van der Waals surface area contributed by atoms with Crippen molar-refractivity contribution in [2.75, 3.05) is 18.1 Å². The molecule has 3 amide bonds. The summed E-state index contributed by atoms with van der Waals surface area (Å²) in [4.78, 5) is 40.1. The SMILES string of the molecule is CSc1cccc(NC(=O)CN2C(=O)S/C(=C/c3sccc3C)C2=O)c1. The number of aryl methyl sites for hydroxylation is 1. The summed E-state index contributed by atoms with van der Waals surface area (Å²) in [5.41, 5.74) is 1.69. The van der Waals surface area contributed by atoms with Crippen molar-refractivity contribution < 1.29 is 14.4 Å². The predicted octanol–water partition coefficient (Wildman–Crippen LogP) is 4.45. The highest BCUT2D eigenvalue weighted by atomic mass is 32.2. The van der Waals surface area contributed by atoms with E-state index in [1.165, 1.54) is 11.3 Å². The van der Waals surface area contributed by atoms with Crippen LogP contribution in [-0.4, -0.2) is 34.8 Å².